The number of allylic oxidation sites excluding steroid dienone is 3. The predicted molar refractivity (Wildman–Crippen MR) is 135 cm³/mol. The SMILES string of the molecule is CC1(C)CC[C@]2(C(=O)O)CC[C@]3(C)[C@H](C(=O)C=C4[C@@]5(C)C=C(C#N)C(=O)[C@@](C)(N)[C@@H]5CC[C@]43C)[C@@H]2C1. The van der Waals surface area contributed by atoms with Crippen molar-refractivity contribution in [3.05, 3.63) is 23.3 Å². The van der Waals surface area contributed by atoms with Crippen LogP contribution < -0.4 is 5.73 Å². The van der Waals surface area contributed by atoms with Crippen LogP contribution in [0.1, 0.15) is 86.5 Å². The first-order valence-corrected chi connectivity index (χ1v) is 13.5. The number of nitrogens with zero attached hydrogens (tertiary/aromatic N) is 1. The maximum absolute atomic E-state index is 14.2. The minimum absolute atomic E-state index is 0.00773. The molecule has 0 heterocycles. The summed E-state index contributed by atoms with van der Waals surface area (Å²) in [7, 11) is 0. The summed E-state index contributed by atoms with van der Waals surface area (Å²) in [6.45, 7) is 12.6. The second kappa shape index (κ2) is 7.19. The third kappa shape index (κ3) is 2.84. The van der Waals surface area contributed by atoms with E-state index in [-0.39, 0.29) is 45.7 Å². The van der Waals surface area contributed by atoms with E-state index in [1.165, 1.54) is 0 Å². The van der Waals surface area contributed by atoms with Gasteiger partial charge in [0.05, 0.1) is 16.5 Å². The van der Waals surface area contributed by atoms with Crippen LogP contribution in [0.5, 0.6) is 0 Å². The molecule has 6 heteroatoms. The van der Waals surface area contributed by atoms with Gasteiger partial charge in [0.15, 0.2) is 11.6 Å². The highest BCUT2D eigenvalue weighted by Gasteiger charge is 2.71. The zero-order chi connectivity index (χ0) is 26.7. The van der Waals surface area contributed by atoms with Crippen LogP contribution in [0.2, 0.25) is 0 Å². The summed E-state index contributed by atoms with van der Waals surface area (Å²) in [5.74, 6) is -1.83. The first-order chi connectivity index (χ1) is 16.5. The average Bonchev–Trinajstić information content (AvgIpc) is 2.77. The molecule has 0 saturated heterocycles. The first-order valence-electron chi connectivity index (χ1n) is 13.5. The van der Waals surface area contributed by atoms with Crippen molar-refractivity contribution in [2.75, 3.05) is 0 Å². The predicted octanol–water partition coefficient (Wildman–Crippen LogP) is 4.98. The van der Waals surface area contributed by atoms with Crippen molar-refractivity contribution in [1.82, 2.24) is 0 Å². The van der Waals surface area contributed by atoms with E-state index < -0.39 is 27.8 Å². The second-order valence-corrected chi connectivity index (χ2v) is 14.3. The van der Waals surface area contributed by atoms with Gasteiger partial charge in [-0.25, -0.2) is 0 Å². The minimum atomic E-state index is -1.18. The molecule has 0 aliphatic heterocycles. The van der Waals surface area contributed by atoms with Gasteiger partial charge in [-0.2, -0.15) is 5.26 Å². The third-order valence-electron chi connectivity index (χ3n) is 12.0. The fraction of sp³-hybridized carbons (Fsp3) is 0.733. The quantitative estimate of drug-likeness (QED) is 0.532. The van der Waals surface area contributed by atoms with Crippen LogP contribution in [0.25, 0.3) is 0 Å². The summed E-state index contributed by atoms with van der Waals surface area (Å²) in [4.78, 5) is 40.0. The Morgan fingerprint density at radius 3 is 2.31 bits per heavy atom. The molecule has 5 aliphatic carbocycles. The molecule has 0 aromatic heterocycles. The Balaban J connectivity index is 1.71. The number of nitriles is 1. The van der Waals surface area contributed by atoms with Crippen molar-refractivity contribution in [2.24, 2.45) is 50.6 Å². The van der Waals surface area contributed by atoms with Gasteiger partial charge >= 0.3 is 5.97 Å². The van der Waals surface area contributed by atoms with Gasteiger partial charge in [0, 0.05) is 11.3 Å². The highest BCUT2D eigenvalue weighted by molar-refractivity contribution is 6.07. The number of aliphatic carboxylic acids is 1. The minimum Gasteiger partial charge on any atom is -0.481 e. The molecule has 6 nitrogen and oxygen atoms in total. The fourth-order valence-corrected chi connectivity index (χ4v) is 9.76. The molecular weight excluding hydrogens is 452 g/mol. The summed E-state index contributed by atoms with van der Waals surface area (Å²) in [6.07, 6.45) is 8.54. The number of carbonyl (C=O) groups is 3. The van der Waals surface area contributed by atoms with E-state index in [0.29, 0.717) is 19.3 Å². The van der Waals surface area contributed by atoms with Crippen molar-refractivity contribution in [3.63, 3.8) is 0 Å². The molecule has 194 valence electrons. The van der Waals surface area contributed by atoms with E-state index >= 15 is 0 Å². The van der Waals surface area contributed by atoms with Crippen molar-refractivity contribution >= 4 is 17.5 Å². The van der Waals surface area contributed by atoms with Crippen LogP contribution in [0.4, 0.5) is 0 Å². The smallest absolute Gasteiger partial charge is 0.309 e. The van der Waals surface area contributed by atoms with Crippen LogP contribution in [-0.4, -0.2) is 28.2 Å². The van der Waals surface area contributed by atoms with Crippen LogP contribution in [0, 0.1) is 56.2 Å². The number of hydrogen-bond donors (Lipinski definition) is 2. The van der Waals surface area contributed by atoms with E-state index in [1.807, 2.05) is 6.92 Å². The zero-order valence-corrected chi connectivity index (χ0v) is 22.5. The van der Waals surface area contributed by atoms with Crippen LogP contribution in [0.15, 0.2) is 23.3 Å². The molecule has 36 heavy (non-hydrogen) atoms. The Labute approximate surface area is 214 Å². The van der Waals surface area contributed by atoms with Crippen LogP contribution in [-0.2, 0) is 14.4 Å². The van der Waals surface area contributed by atoms with Crippen LogP contribution in [0.3, 0.4) is 0 Å². The Morgan fingerprint density at radius 2 is 1.69 bits per heavy atom. The fourth-order valence-electron chi connectivity index (χ4n) is 9.76. The van der Waals surface area contributed by atoms with Gasteiger partial charge in [0.25, 0.3) is 0 Å². The van der Waals surface area contributed by atoms with Gasteiger partial charge < -0.3 is 10.8 Å². The van der Waals surface area contributed by atoms with E-state index in [2.05, 4.69) is 33.8 Å². The molecule has 0 amide bonds. The van der Waals surface area contributed by atoms with E-state index in [1.54, 1.807) is 19.1 Å². The number of nitrogens with two attached hydrogens (primary N) is 1. The Morgan fingerprint density at radius 1 is 1.06 bits per heavy atom. The highest BCUT2D eigenvalue weighted by Crippen LogP contribution is 2.73. The molecule has 0 spiro atoms. The maximum atomic E-state index is 14.2. The summed E-state index contributed by atoms with van der Waals surface area (Å²) in [5.41, 5.74) is 4.19. The summed E-state index contributed by atoms with van der Waals surface area (Å²) in [5, 5.41) is 20.2. The number of carbonyl (C=O) groups excluding carboxylic acids is 2. The molecule has 3 saturated carbocycles. The van der Waals surface area contributed by atoms with Crippen molar-refractivity contribution < 1.29 is 19.5 Å². The van der Waals surface area contributed by atoms with E-state index in [4.69, 9.17) is 5.73 Å². The summed E-state index contributed by atoms with van der Waals surface area (Å²) in [6, 6.07) is 2.07. The lowest BCUT2D eigenvalue weighted by Crippen LogP contribution is -2.68. The van der Waals surface area contributed by atoms with E-state index in [0.717, 1.165) is 31.3 Å². The molecule has 0 unspecified atom stereocenters. The molecule has 0 bridgehead atoms. The van der Waals surface area contributed by atoms with Crippen molar-refractivity contribution in [1.29, 1.82) is 5.26 Å². The molecule has 5 rings (SSSR count). The largest absolute Gasteiger partial charge is 0.481 e. The lowest BCUT2D eigenvalue weighted by molar-refractivity contribution is -0.188. The normalized spacial score (nSPS) is 49.3. The molecule has 0 aromatic carbocycles. The average molecular weight is 493 g/mol. The van der Waals surface area contributed by atoms with Gasteiger partial charge in [0.1, 0.15) is 6.07 Å². The molecule has 3 fully saturated rings. The van der Waals surface area contributed by atoms with Gasteiger partial charge in [-0.1, -0.05) is 46.3 Å². The molecule has 0 aromatic rings. The second-order valence-electron chi connectivity index (χ2n) is 14.3. The molecule has 8 atom stereocenters. The molecular formula is C30H40N2O4. The van der Waals surface area contributed by atoms with Crippen LogP contribution >= 0.6 is 0 Å². The first kappa shape index (κ1) is 25.4. The number of carboxylic acid groups (broad SMARTS) is 1. The van der Waals surface area contributed by atoms with Gasteiger partial charge in [-0.05, 0) is 86.0 Å². The lowest BCUT2D eigenvalue weighted by Gasteiger charge is -2.68. The van der Waals surface area contributed by atoms with Crippen molar-refractivity contribution in [3.8, 4) is 6.07 Å². The third-order valence-corrected chi connectivity index (χ3v) is 12.0. The monoisotopic (exact) mass is 492 g/mol. The zero-order valence-electron chi connectivity index (χ0n) is 22.5. The Bertz CT molecular complexity index is 1190. The number of rotatable bonds is 1. The van der Waals surface area contributed by atoms with E-state index in [9.17, 15) is 24.8 Å². The standard InChI is InChI=1S/C30H40N2O4/c1-25(2)9-11-30(24(35)36)12-10-28(5)22(18(30)15-25)19(33)13-21-26(3)14-17(16-31)23(34)29(6,32)20(26)7-8-27(21,28)4/h13-14,18,20,22H,7-12,15,32H2,1-6H3,(H,35,36)/t18-,20+,22-,26-,27+,28+,29-,30-/m0/s1. The Hall–Kier alpha value is -2.26. The molecule has 3 N–H and O–H groups in total. The highest BCUT2D eigenvalue weighted by atomic mass is 16.4. The number of hydrogen-bond acceptors (Lipinski definition) is 5. The van der Waals surface area contributed by atoms with Gasteiger partial charge in [-0.15, -0.1) is 0 Å². The Kier molecular flexibility index (Phi) is 5.07. The summed E-state index contributed by atoms with van der Waals surface area (Å²) < 4.78 is 0. The molecule has 5 aliphatic rings. The maximum Gasteiger partial charge on any atom is 0.309 e. The number of Topliss-reactive ketones (excluding diaryl/α,β-unsaturated/α-hetero) is 1. The van der Waals surface area contributed by atoms with Crippen molar-refractivity contribution in [2.45, 2.75) is 92.0 Å². The topological polar surface area (TPSA) is 121 Å². The number of ketones is 2. The molecule has 0 radical (unpaired) electrons. The van der Waals surface area contributed by atoms with Gasteiger partial charge in [-0.3, -0.25) is 14.4 Å². The summed E-state index contributed by atoms with van der Waals surface area (Å²) >= 11 is 0. The lowest BCUT2D eigenvalue weighted by atomic mass is 9.34. The van der Waals surface area contributed by atoms with Gasteiger partial charge in [0.2, 0.25) is 0 Å². The number of fused-ring (bicyclic) bond motifs is 7. The number of carboxylic acids is 1.